The smallest absolute Gasteiger partial charge is 0.362 e. The van der Waals surface area contributed by atoms with Crippen LogP contribution in [0.15, 0.2) is 72.9 Å². The predicted molar refractivity (Wildman–Crippen MR) is 229 cm³/mol. The molecule has 0 aliphatic rings. The lowest BCUT2D eigenvalue weighted by molar-refractivity contribution is -0.887. The summed E-state index contributed by atoms with van der Waals surface area (Å²) >= 11 is 0. The molecule has 55 heavy (non-hydrogen) atoms. The van der Waals surface area contributed by atoms with Crippen LogP contribution in [0.25, 0.3) is 0 Å². The zero-order valence-electron chi connectivity index (χ0n) is 35.6. The van der Waals surface area contributed by atoms with Crippen LogP contribution < -0.4 is 0 Å². The van der Waals surface area contributed by atoms with Gasteiger partial charge in [0, 0.05) is 19.3 Å². The van der Waals surface area contributed by atoms with Crippen LogP contribution in [-0.4, -0.2) is 80.6 Å². The maximum absolute atomic E-state index is 12.7. The lowest BCUT2D eigenvalue weighted by atomic mass is 10.1. The van der Waals surface area contributed by atoms with Crippen LogP contribution in [0.1, 0.15) is 155 Å². The van der Waals surface area contributed by atoms with Crippen LogP contribution in [0.3, 0.4) is 0 Å². The van der Waals surface area contributed by atoms with Crippen molar-refractivity contribution >= 4 is 17.9 Å². The fourth-order valence-corrected chi connectivity index (χ4v) is 5.77. The number of unbranched alkanes of at least 4 members (excludes halogenated alkanes) is 11. The minimum absolute atomic E-state index is 0.0324. The summed E-state index contributed by atoms with van der Waals surface area (Å²) in [5, 5.41) is 9.61. The standard InChI is InChI=1S/C47H79NO7/c1-6-8-10-12-14-16-18-20-22-23-24-26-27-29-31-33-35-37-45(49)54-42-43(41-53-40-39-44(47(51)52)48(3,4)5)55-46(50)38-36-34-32-30-28-25-21-19-17-15-13-11-9-7-2/h9,11,15,17,20-22,24-26,29,31,43-44H,6-8,10,12-14,16,18-19,23,27-28,30,32-42H2,1-5H3/p+1/b11-9+,17-15+,22-20+,25-21+,26-24+,31-29+. The molecule has 0 amide bonds. The Bertz CT molecular complexity index is 1130. The van der Waals surface area contributed by atoms with Crippen molar-refractivity contribution in [3.63, 3.8) is 0 Å². The van der Waals surface area contributed by atoms with Crippen LogP contribution in [0, 0.1) is 0 Å². The number of aliphatic carboxylic acids is 1. The van der Waals surface area contributed by atoms with Crippen LogP contribution >= 0.6 is 0 Å². The van der Waals surface area contributed by atoms with Gasteiger partial charge in [0.1, 0.15) is 6.61 Å². The molecular formula is C47H80NO7+. The van der Waals surface area contributed by atoms with Crippen molar-refractivity contribution in [1.29, 1.82) is 0 Å². The highest BCUT2D eigenvalue weighted by molar-refractivity contribution is 5.72. The lowest BCUT2D eigenvalue weighted by Gasteiger charge is -2.31. The molecule has 0 aliphatic heterocycles. The Kier molecular flexibility index (Phi) is 35.5. The van der Waals surface area contributed by atoms with Gasteiger partial charge in [0.25, 0.3) is 0 Å². The van der Waals surface area contributed by atoms with Crippen molar-refractivity contribution in [2.24, 2.45) is 0 Å². The fourth-order valence-electron chi connectivity index (χ4n) is 5.77. The molecule has 8 nitrogen and oxygen atoms in total. The van der Waals surface area contributed by atoms with Gasteiger partial charge in [0.05, 0.1) is 34.4 Å². The van der Waals surface area contributed by atoms with Gasteiger partial charge < -0.3 is 23.8 Å². The molecule has 0 heterocycles. The Labute approximate surface area is 336 Å². The third-order valence-corrected chi connectivity index (χ3v) is 9.09. The Hall–Kier alpha value is -3.23. The molecule has 0 spiro atoms. The van der Waals surface area contributed by atoms with Gasteiger partial charge >= 0.3 is 17.9 Å². The minimum Gasteiger partial charge on any atom is -0.477 e. The topological polar surface area (TPSA) is 99.1 Å². The summed E-state index contributed by atoms with van der Waals surface area (Å²) in [6.45, 7) is 4.52. The van der Waals surface area contributed by atoms with Gasteiger partial charge in [0.2, 0.25) is 0 Å². The molecule has 2 unspecified atom stereocenters. The van der Waals surface area contributed by atoms with E-state index in [2.05, 4.69) is 86.8 Å². The minimum atomic E-state index is -0.889. The average molecular weight is 771 g/mol. The van der Waals surface area contributed by atoms with Gasteiger partial charge in [-0.05, 0) is 77.0 Å². The first-order valence-corrected chi connectivity index (χ1v) is 21.5. The van der Waals surface area contributed by atoms with Gasteiger partial charge in [-0.3, -0.25) is 9.59 Å². The Morgan fingerprint density at radius 2 is 1.04 bits per heavy atom. The monoisotopic (exact) mass is 771 g/mol. The van der Waals surface area contributed by atoms with Crippen LogP contribution in [0.2, 0.25) is 0 Å². The quantitative estimate of drug-likeness (QED) is 0.0291. The maximum Gasteiger partial charge on any atom is 0.362 e. The SMILES string of the molecule is CC/C=C/C/C=C/C/C=C/CCCCCCC(=O)OC(COCCC(C(=O)O)[N+](C)(C)C)COC(=O)CCC/C=C/C/C=C/C/C=C/CCCCCCCC. The number of hydrogen-bond acceptors (Lipinski definition) is 6. The molecule has 314 valence electrons. The predicted octanol–water partition coefficient (Wildman–Crippen LogP) is 11.6. The Morgan fingerprint density at radius 3 is 1.56 bits per heavy atom. The molecule has 8 heteroatoms. The van der Waals surface area contributed by atoms with Gasteiger partial charge in [-0.15, -0.1) is 0 Å². The summed E-state index contributed by atoms with van der Waals surface area (Å²) in [6, 6.07) is -0.629. The zero-order chi connectivity index (χ0) is 40.7. The van der Waals surface area contributed by atoms with E-state index in [1.165, 1.54) is 44.9 Å². The molecule has 0 aromatic heterocycles. The molecule has 1 N–H and O–H groups in total. The van der Waals surface area contributed by atoms with Gasteiger partial charge in [-0.25, -0.2) is 4.79 Å². The number of ether oxygens (including phenoxy) is 3. The number of esters is 2. The number of hydrogen-bond donors (Lipinski definition) is 1. The van der Waals surface area contributed by atoms with Crippen molar-refractivity contribution in [2.45, 2.75) is 167 Å². The highest BCUT2D eigenvalue weighted by Crippen LogP contribution is 2.12. The van der Waals surface area contributed by atoms with Crippen molar-refractivity contribution in [3.8, 4) is 0 Å². The first kappa shape index (κ1) is 51.8. The number of carbonyl (C=O) groups excluding carboxylic acids is 2. The molecule has 0 saturated heterocycles. The second kappa shape index (κ2) is 37.7. The van der Waals surface area contributed by atoms with E-state index in [1.54, 1.807) is 0 Å². The number of rotatable bonds is 37. The van der Waals surface area contributed by atoms with E-state index < -0.39 is 18.1 Å². The van der Waals surface area contributed by atoms with Crippen molar-refractivity contribution < 1.29 is 38.2 Å². The Morgan fingerprint density at radius 1 is 0.564 bits per heavy atom. The highest BCUT2D eigenvalue weighted by atomic mass is 16.6. The number of carbonyl (C=O) groups is 3. The Balaban J connectivity index is 4.49. The molecule has 0 aromatic rings. The van der Waals surface area contributed by atoms with Crippen molar-refractivity contribution in [3.05, 3.63) is 72.9 Å². The number of allylic oxidation sites excluding steroid dienone is 12. The molecule has 0 bridgehead atoms. The summed E-state index contributed by atoms with van der Waals surface area (Å²) < 4.78 is 17.2. The van der Waals surface area contributed by atoms with Gasteiger partial charge in [0.15, 0.2) is 12.1 Å². The lowest BCUT2D eigenvalue weighted by Crippen LogP contribution is -2.50. The molecule has 0 rings (SSSR count). The number of quaternary nitrogens is 1. The fraction of sp³-hybridized carbons (Fsp3) is 0.681. The van der Waals surface area contributed by atoms with E-state index in [0.29, 0.717) is 12.8 Å². The van der Waals surface area contributed by atoms with E-state index >= 15 is 0 Å². The largest absolute Gasteiger partial charge is 0.477 e. The molecule has 2 atom stereocenters. The van der Waals surface area contributed by atoms with Crippen molar-refractivity contribution in [1.82, 2.24) is 0 Å². The summed E-state index contributed by atoms with van der Waals surface area (Å²) in [6.07, 6.45) is 46.7. The third kappa shape index (κ3) is 36.2. The van der Waals surface area contributed by atoms with Gasteiger partial charge in [-0.1, -0.05) is 132 Å². The molecule has 0 saturated carbocycles. The van der Waals surface area contributed by atoms with Crippen LogP contribution in [0.4, 0.5) is 0 Å². The number of carboxylic acids is 1. The summed E-state index contributed by atoms with van der Waals surface area (Å²) in [5.74, 6) is -1.57. The summed E-state index contributed by atoms with van der Waals surface area (Å²) in [7, 11) is 5.49. The second-order valence-electron chi connectivity index (χ2n) is 15.2. The second-order valence-corrected chi connectivity index (χ2v) is 15.2. The normalized spacial score (nSPS) is 13.7. The van der Waals surface area contributed by atoms with E-state index in [9.17, 15) is 19.5 Å². The maximum atomic E-state index is 12.7. The van der Waals surface area contributed by atoms with Crippen LogP contribution in [-0.2, 0) is 28.6 Å². The zero-order valence-corrected chi connectivity index (χ0v) is 35.6. The van der Waals surface area contributed by atoms with Gasteiger partial charge in [-0.2, -0.15) is 0 Å². The van der Waals surface area contributed by atoms with E-state index in [4.69, 9.17) is 14.2 Å². The third-order valence-electron chi connectivity index (χ3n) is 9.09. The highest BCUT2D eigenvalue weighted by Gasteiger charge is 2.31. The van der Waals surface area contributed by atoms with Crippen LogP contribution in [0.5, 0.6) is 0 Å². The molecule has 0 aliphatic carbocycles. The number of likely N-dealkylation sites (N-methyl/N-ethyl adjacent to an activating group) is 1. The number of nitrogens with zero attached hydrogens (tertiary/aromatic N) is 1. The summed E-state index contributed by atoms with van der Waals surface area (Å²) in [5.41, 5.74) is 0. The molecular weight excluding hydrogens is 691 g/mol. The molecule has 0 fully saturated rings. The van der Waals surface area contributed by atoms with E-state index in [-0.39, 0.29) is 49.1 Å². The molecule has 0 radical (unpaired) electrons. The van der Waals surface area contributed by atoms with Crippen molar-refractivity contribution in [2.75, 3.05) is 41.0 Å². The van der Waals surface area contributed by atoms with E-state index in [0.717, 1.165) is 70.6 Å². The van der Waals surface area contributed by atoms with E-state index in [1.807, 2.05) is 21.1 Å². The number of carboxylic acid groups (broad SMARTS) is 1. The summed E-state index contributed by atoms with van der Waals surface area (Å²) in [4.78, 5) is 36.9. The average Bonchev–Trinajstić information content (AvgIpc) is 3.14. The first-order valence-electron chi connectivity index (χ1n) is 21.5. The molecule has 0 aromatic carbocycles. The first-order chi connectivity index (χ1) is 26.6.